The molecular weight excluding hydrogens is 363 g/mol. The first-order valence-electron chi connectivity index (χ1n) is 7.94. The Morgan fingerprint density at radius 1 is 1.12 bits per heavy atom. The van der Waals surface area contributed by atoms with Gasteiger partial charge in [-0.05, 0) is 0 Å². The molecule has 0 radical (unpaired) electrons. The summed E-state index contributed by atoms with van der Waals surface area (Å²) in [5, 5.41) is 24.1. The minimum Gasteiger partial charge on any atom is -0.481 e. The van der Waals surface area contributed by atoms with Crippen LogP contribution < -0.4 is 29.6 Å². The summed E-state index contributed by atoms with van der Waals surface area (Å²) in [5.74, 6) is -2.36. The monoisotopic (exact) mass is 392 g/mol. The van der Waals surface area contributed by atoms with E-state index in [1.807, 2.05) is 0 Å². The summed E-state index contributed by atoms with van der Waals surface area (Å²) >= 11 is 0. The average molecular weight is 392 g/mol. The Labute approximate surface area is 172 Å². The summed E-state index contributed by atoms with van der Waals surface area (Å²) in [5.41, 5.74) is 0. The number of aliphatic hydroxyl groups excluding tert-OH is 1. The largest absolute Gasteiger partial charge is 1.00 e. The molecule has 2 atom stereocenters. The second-order valence-corrected chi connectivity index (χ2v) is 7.00. The van der Waals surface area contributed by atoms with Crippen LogP contribution in [0.3, 0.4) is 0 Å². The van der Waals surface area contributed by atoms with Crippen molar-refractivity contribution in [1.29, 1.82) is 0 Å². The van der Waals surface area contributed by atoms with Gasteiger partial charge in [0.15, 0.2) is 6.10 Å². The van der Waals surface area contributed by atoms with Crippen LogP contribution in [0.5, 0.6) is 0 Å². The molecule has 25 heavy (non-hydrogen) atoms. The zero-order valence-corrected chi connectivity index (χ0v) is 18.0. The van der Waals surface area contributed by atoms with Gasteiger partial charge < -0.3 is 21.7 Å². The van der Waals surface area contributed by atoms with Gasteiger partial charge in [0.1, 0.15) is 0 Å². The SMILES string of the molecule is CCCCC([CH-]CCCS(=O)(=O)O)CC.O=C(O)CC(O)C(=O)O.[Na+]. The minimum atomic E-state index is -3.77. The molecule has 0 aliphatic carbocycles. The fraction of sp³-hybridized carbons (Fsp3) is 0.800. The topological polar surface area (TPSA) is 149 Å². The molecule has 0 amide bonds. The quantitative estimate of drug-likeness (QED) is 0.143. The number of carboxylic acid groups (broad SMARTS) is 2. The number of carboxylic acids is 2. The third-order valence-corrected chi connectivity index (χ3v) is 4.02. The number of hydrogen-bond acceptors (Lipinski definition) is 5. The summed E-state index contributed by atoms with van der Waals surface area (Å²) in [7, 11) is -3.77. The molecule has 8 nitrogen and oxygen atoms in total. The van der Waals surface area contributed by atoms with Crippen LogP contribution in [0.15, 0.2) is 0 Å². The van der Waals surface area contributed by atoms with Gasteiger partial charge in [0, 0.05) is 0 Å². The van der Waals surface area contributed by atoms with E-state index in [-0.39, 0.29) is 35.3 Å². The van der Waals surface area contributed by atoms with Crippen molar-refractivity contribution in [3.05, 3.63) is 6.42 Å². The first-order chi connectivity index (χ1) is 11.0. The first-order valence-corrected chi connectivity index (χ1v) is 9.55. The van der Waals surface area contributed by atoms with Crippen LogP contribution in [-0.2, 0) is 19.7 Å². The van der Waals surface area contributed by atoms with E-state index in [1.54, 1.807) is 0 Å². The molecule has 4 N–H and O–H groups in total. The minimum absolute atomic E-state index is 0. The van der Waals surface area contributed by atoms with Gasteiger partial charge in [0.05, 0.1) is 12.2 Å². The van der Waals surface area contributed by atoms with E-state index in [0.717, 1.165) is 12.8 Å². The van der Waals surface area contributed by atoms with Crippen molar-refractivity contribution in [1.82, 2.24) is 0 Å². The fourth-order valence-corrected chi connectivity index (χ4v) is 2.36. The maximum atomic E-state index is 10.5. The predicted octanol–water partition coefficient (Wildman–Crippen LogP) is -1.01. The summed E-state index contributed by atoms with van der Waals surface area (Å²) in [4.78, 5) is 19.4. The number of aliphatic carboxylic acids is 2. The summed E-state index contributed by atoms with van der Waals surface area (Å²) in [6.07, 6.45) is 5.70. The summed E-state index contributed by atoms with van der Waals surface area (Å²) in [6, 6.07) is 0. The van der Waals surface area contributed by atoms with E-state index in [9.17, 15) is 18.0 Å². The first kappa shape index (κ1) is 29.6. The van der Waals surface area contributed by atoms with Crippen LogP contribution in [0.4, 0.5) is 0 Å². The third kappa shape index (κ3) is 23.8. The Kier molecular flexibility index (Phi) is 20.4. The molecule has 0 heterocycles. The summed E-state index contributed by atoms with van der Waals surface area (Å²) in [6.45, 7) is 4.32. The van der Waals surface area contributed by atoms with E-state index in [2.05, 4.69) is 20.3 Å². The maximum absolute atomic E-state index is 10.5. The van der Waals surface area contributed by atoms with Crippen molar-refractivity contribution in [2.24, 2.45) is 5.92 Å². The van der Waals surface area contributed by atoms with Gasteiger partial charge in [-0.1, -0.05) is 46.0 Å². The fourth-order valence-electron chi connectivity index (χ4n) is 1.83. The molecule has 0 aromatic carbocycles. The molecule has 10 heteroatoms. The van der Waals surface area contributed by atoms with E-state index in [0.29, 0.717) is 12.3 Å². The van der Waals surface area contributed by atoms with E-state index >= 15 is 0 Å². The number of aliphatic hydroxyl groups is 1. The molecule has 144 valence electrons. The Balaban J connectivity index is -0.000000418. The number of rotatable bonds is 12. The maximum Gasteiger partial charge on any atom is 1.00 e. The molecular formula is C15H29NaO8S. The van der Waals surface area contributed by atoms with Gasteiger partial charge in [-0.3, -0.25) is 9.35 Å². The third-order valence-electron chi connectivity index (χ3n) is 3.21. The van der Waals surface area contributed by atoms with Crippen molar-refractivity contribution in [2.75, 3.05) is 5.75 Å². The molecule has 0 spiro atoms. The standard InChI is InChI=1S/C11H23O3S.C4H6O5.Na/c1-3-5-8-11(4-2)9-6-7-10-15(12,13)14;5-2(4(8)9)1-3(6)7;/h9,11H,3-8,10H2,1-2H3,(H,12,13,14);2,5H,1H2,(H,6,7)(H,8,9);/q-1;;+1. The molecule has 0 rings (SSSR count). The van der Waals surface area contributed by atoms with Crippen LogP contribution in [-0.4, -0.2) is 52.1 Å². The second-order valence-electron chi connectivity index (χ2n) is 5.43. The van der Waals surface area contributed by atoms with E-state index in [1.165, 1.54) is 19.3 Å². The van der Waals surface area contributed by atoms with Crippen molar-refractivity contribution in [3.63, 3.8) is 0 Å². The molecule has 0 saturated heterocycles. The van der Waals surface area contributed by atoms with Crippen LogP contribution in [0.2, 0.25) is 0 Å². The van der Waals surface area contributed by atoms with Crippen LogP contribution in [0, 0.1) is 12.3 Å². The number of carbonyl (C=O) groups is 2. The smallest absolute Gasteiger partial charge is 0.481 e. The summed E-state index contributed by atoms with van der Waals surface area (Å²) < 4.78 is 29.5. The predicted molar refractivity (Wildman–Crippen MR) is 89.2 cm³/mol. The molecule has 0 aromatic rings. The van der Waals surface area contributed by atoms with Crippen molar-refractivity contribution in [3.8, 4) is 0 Å². The molecule has 2 unspecified atom stereocenters. The van der Waals surface area contributed by atoms with Gasteiger partial charge in [0.2, 0.25) is 0 Å². The normalized spacial score (nSPS) is 13.0. The van der Waals surface area contributed by atoms with Gasteiger partial charge in [-0.15, -0.1) is 0 Å². The average Bonchev–Trinajstić information content (AvgIpc) is 2.45. The van der Waals surface area contributed by atoms with Crippen LogP contribution in [0.1, 0.15) is 58.8 Å². The number of unbranched alkanes of at least 4 members (excludes halogenated alkanes) is 2. The van der Waals surface area contributed by atoms with Gasteiger partial charge in [-0.2, -0.15) is 20.8 Å². The number of hydrogen-bond donors (Lipinski definition) is 4. The molecule has 0 aromatic heterocycles. The van der Waals surface area contributed by atoms with E-state index < -0.39 is 34.6 Å². The zero-order chi connectivity index (χ0) is 19.2. The van der Waals surface area contributed by atoms with Gasteiger partial charge in [0.25, 0.3) is 10.1 Å². The van der Waals surface area contributed by atoms with Crippen molar-refractivity contribution in [2.45, 2.75) is 64.9 Å². The molecule has 0 saturated carbocycles. The molecule has 0 bridgehead atoms. The van der Waals surface area contributed by atoms with E-state index in [4.69, 9.17) is 19.9 Å². The van der Waals surface area contributed by atoms with Crippen molar-refractivity contribution < 1.29 is 67.4 Å². The Morgan fingerprint density at radius 2 is 1.68 bits per heavy atom. The van der Waals surface area contributed by atoms with Gasteiger partial charge in [-0.25, -0.2) is 4.79 Å². The molecule has 0 aliphatic rings. The second kappa shape index (κ2) is 17.2. The zero-order valence-electron chi connectivity index (χ0n) is 15.2. The van der Waals surface area contributed by atoms with Gasteiger partial charge >= 0.3 is 41.5 Å². The Morgan fingerprint density at radius 3 is 2.00 bits per heavy atom. The Bertz CT molecular complexity index is 452. The molecule has 0 fully saturated rings. The van der Waals surface area contributed by atoms with Crippen molar-refractivity contribution >= 4 is 22.1 Å². The van der Waals surface area contributed by atoms with Crippen LogP contribution in [0.25, 0.3) is 0 Å². The molecule has 0 aliphatic heterocycles. The Hall–Kier alpha value is -0.190. The van der Waals surface area contributed by atoms with Crippen LogP contribution >= 0.6 is 0 Å².